The van der Waals surface area contributed by atoms with Crippen LogP contribution < -0.4 is 5.32 Å². The molecule has 0 atom stereocenters. The van der Waals surface area contributed by atoms with Crippen molar-refractivity contribution in [1.29, 1.82) is 0 Å². The van der Waals surface area contributed by atoms with Crippen molar-refractivity contribution in [2.75, 3.05) is 19.8 Å². The lowest BCUT2D eigenvalue weighted by molar-refractivity contribution is -0.387. The van der Waals surface area contributed by atoms with E-state index in [1.807, 2.05) is 0 Å². The summed E-state index contributed by atoms with van der Waals surface area (Å²) in [5, 5.41) is 13.5. The van der Waals surface area contributed by atoms with Crippen LogP contribution in [0.2, 0.25) is 0 Å². The second-order valence-electron chi connectivity index (χ2n) is 4.19. The predicted molar refractivity (Wildman–Crippen MR) is 70.5 cm³/mol. The summed E-state index contributed by atoms with van der Waals surface area (Å²) >= 11 is 0. The Hall–Kier alpha value is -1.53. The Labute approximate surface area is 111 Å². The van der Waals surface area contributed by atoms with Gasteiger partial charge in [-0.05, 0) is 18.1 Å². The molecule has 0 saturated heterocycles. The van der Waals surface area contributed by atoms with Crippen molar-refractivity contribution >= 4 is 5.69 Å². The van der Waals surface area contributed by atoms with Crippen LogP contribution in [0.5, 0.6) is 0 Å². The molecule has 6 heteroatoms. The van der Waals surface area contributed by atoms with Gasteiger partial charge in [-0.3, -0.25) is 10.1 Å². The number of benzene rings is 1. The van der Waals surface area contributed by atoms with E-state index < -0.39 is 16.4 Å². The van der Waals surface area contributed by atoms with Crippen molar-refractivity contribution in [1.82, 2.24) is 5.32 Å². The molecule has 5 nitrogen and oxygen atoms in total. The van der Waals surface area contributed by atoms with Crippen molar-refractivity contribution < 1.29 is 14.1 Å². The van der Waals surface area contributed by atoms with E-state index in [1.54, 1.807) is 6.07 Å². The van der Waals surface area contributed by atoms with Gasteiger partial charge in [0.05, 0.1) is 11.5 Å². The van der Waals surface area contributed by atoms with Crippen LogP contribution in [-0.2, 0) is 11.3 Å². The first kappa shape index (κ1) is 15.5. The molecule has 0 fully saturated rings. The van der Waals surface area contributed by atoms with E-state index in [2.05, 4.69) is 12.2 Å². The highest BCUT2D eigenvalue weighted by molar-refractivity contribution is 5.34. The fourth-order valence-corrected chi connectivity index (χ4v) is 1.53. The molecule has 1 rings (SSSR count). The normalized spacial score (nSPS) is 10.6. The Morgan fingerprint density at radius 1 is 1.42 bits per heavy atom. The van der Waals surface area contributed by atoms with Crippen molar-refractivity contribution in [3.63, 3.8) is 0 Å². The third-order valence-corrected chi connectivity index (χ3v) is 2.60. The van der Waals surface area contributed by atoms with Crippen LogP contribution in [0.4, 0.5) is 10.1 Å². The molecule has 1 aromatic carbocycles. The Morgan fingerprint density at radius 2 is 2.21 bits per heavy atom. The molecule has 0 bridgehead atoms. The fourth-order valence-electron chi connectivity index (χ4n) is 1.53. The number of unbranched alkanes of at least 4 members (excludes halogenated alkanes) is 1. The van der Waals surface area contributed by atoms with Gasteiger partial charge in [-0.15, -0.1) is 0 Å². The van der Waals surface area contributed by atoms with Gasteiger partial charge in [0, 0.05) is 25.8 Å². The van der Waals surface area contributed by atoms with Crippen LogP contribution in [0.15, 0.2) is 18.2 Å². The molecule has 0 radical (unpaired) electrons. The quantitative estimate of drug-likeness (QED) is 0.425. The Kier molecular flexibility index (Phi) is 6.99. The largest absolute Gasteiger partial charge is 0.380 e. The topological polar surface area (TPSA) is 64.4 Å². The minimum Gasteiger partial charge on any atom is -0.380 e. The number of nitrogens with one attached hydrogen (secondary N) is 1. The summed E-state index contributed by atoms with van der Waals surface area (Å²) in [4.78, 5) is 9.72. The van der Waals surface area contributed by atoms with Gasteiger partial charge in [-0.25, -0.2) is 0 Å². The molecule has 106 valence electrons. The second kappa shape index (κ2) is 8.55. The molecule has 0 aliphatic heterocycles. The van der Waals surface area contributed by atoms with Crippen molar-refractivity contribution in [2.45, 2.75) is 26.3 Å². The van der Waals surface area contributed by atoms with E-state index in [4.69, 9.17) is 4.74 Å². The van der Waals surface area contributed by atoms with Gasteiger partial charge < -0.3 is 10.1 Å². The summed E-state index contributed by atoms with van der Waals surface area (Å²) < 4.78 is 18.7. The zero-order chi connectivity index (χ0) is 14.1. The first-order chi connectivity index (χ1) is 9.15. The predicted octanol–water partition coefficient (Wildman–Crippen LogP) is 2.64. The second-order valence-corrected chi connectivity index (χ2v) is 4.19. The lowest BCUT2D eigenvalue weighted by Gasteiger charge is -2.06. The van der Waals surface area contributed by atoms with E-state index in [-0.39, 0.29) is 0 Å². The summed E-state index contributed by atoms with van der Waals surface area (Å²) in [6, 6.07) is 3.92. The molecule has 0 aromatic heterocycles. The maximum Gasteiger partial charge on any atom is 0.304 e. The average Bonchev–Trinajstić information content (AvgIpc) is 2.37. The molecule has 0 unspecified atom stereocenters. The highest BCUT2D eigenvalue weighted by Gasteiger charge is 2.13. The van der Waals surface area contributed by atoms with E-state index in [0.717, 1.165) is 19.4 Å². The van der Waals surface area contributed by atoms with E-state index in [1.165, 1.54) is 12.1 Å². The van der Waals surface area contributed by atoms with Gasteiger partial charge in [-0.2, -0.15) is 4.39 Å². The SMILES string of the molecule is CCCCOCCNCc1ccc([N+](=O)[O-])c(F)c1. The van der Waals surface area contributed by atoms with Crippen LogP contribution in [0, 0.1) is 15.9 Å². The van der Waals surface area contributed by atoms with Crippen molar-refractivity contribution in [3.05, 3.63) is 39.7 Å². The first-order valence-electron chi connectivity index (χ1n) is 6.36. The Balaban J connectivity index is 2.26. The fraction of sp³-hybridized carbons (Fsp3) is 0.538. The zero-order valence-electron chi connectivity index (χ0n) is 11.0. The van der Waals surface area contributed by atoms with Gasteiger partial charge in [0.15, 0.2) is 0 Å². The summed E-state index contributed by atoms with van der Waals surface area (Å²) in [5.41, 5.74) is 0.184. The van der Waals surface area contributed by atoms with Crippen LogP contribution >= 0.6 is 0 Å². The van der Waals surface area contributed by atoms with Gasteiger partial charge in [0.1, 0.15) is 0 Å². The molecule has 0 aliphatic carbocycles. The molecule has 0 amide bonds. The van der Waals surface area contributed by atoms with Crippen LogP contribution in [0.3, 0.4) is 0 Å². The molecule has 0 heterocycles. The summed E-state index contributed by atoms with van der Waals surface area (Å²) in [5.74, 6) is -0.802. The number of hydrogen-bond donors (Lipinski definition) is 1. The molecule has 0 aliphatic rings. The molecular weight excluding hydrogens is 251 g/mol. The van der Waals surface area contributed by atoms with Gasteiger partial charge in [-0.1, -0.05) is 19.4 Å². The third kappa shape index (κ3) is 5.76. The molecule has 1 N–H and O–H groups in total. The zero-order valence-corrected chi connectivity index (χ0v) is 11.0. The van der Waals surface area contributed by atoms with E-state index >= 15 is 0 Å². The number of ether oxygens (including phenoxy) is 1. The van der Waals surface area contributed by atoms with Gasteiger partial charge in [0.2, 0.25) is 5.82 Å². The maximum absolute atomic E-state index is 13.3. The average molecular weight is 270 g/mol. The third-order valence-electron chi connectivity index (χ3n) is 2.60. The summed E-state index contributed by atoms with van der Waals surface area (Å²) in [6.07, 6.45) is 2.16. The number of nitro benzene ring substituents is 1. The highest BCUT2D eigenvalue weighted by atomic mass is 19.1. The highest BCUT2D eigenvalue weighted by Crippen LogP contribution is 2.17. The van der Waals surface area contributed by atoms with Crippen LogP contribution in [-0.4, -0.2) is 24.7 Å². The number of halogens is 1. The minimum atomic E-state index is -0.802. The molecule has 0 spiro atoms. The number of nitro groups is 1. The van der Waals surface area contributed by atoms with Crippen LogP contribution in [0.25, 0.3) is 0 Å². The van der Waals surface area contributed by atoms with E-state index in [0.29, 0.717) is 25.3 Å². The van der Waals surface area contributed by atoms with E-state index in [9.17, 15) is 14.5 Å². The molecule has 0 saturated carbocycles. The first-order valence-corrected chi connectivity index (χ1v) is 6.36. The van der Waals surface area contributed by atoms with Gasteiger partial charge >= 0.3 is 5.69 Å². The smallest absolute Gasteiger partial charge is 0.304 e. The molecule has 1 aromatic rings. The summed E-state index contributed by atoms with van der Waals surface area (Å²) in [6.45, 7) is 4.60. The van der Waals surface area contributed by atoms with Crippen LogP contribution in [0.1, 0.15) is 25.3 Å². The maximum atomic E-state index is 13.3. The van der Waals surface area contributed by atoms with Gasteiger partial charge in [0.25, 0.3) is 0 Å². The number of nitrogens with zero attached hydrogens (tertiary/aromatic N) is 1. The van der Waals surface area contributed by atoms with Crippen molar-refractivity contribution in [2.24, 2.45) is 0 Å². The minimum absolute atomic E-state index is 0.464. The molecule has 19 heavy (non-hydrogen) atoms. The van der Waals surface area contributed by atoms with Crippen molar-refractivity contribution in [3.8, 4) is 0 Å². The standard InChI is InChI=1S/C13H19FN2O3/c1-2-3-7-19-8-6-15-10-11-4-5-13(16(17)18)12(14)9-11/h4-5,9,15H,2-3,6-8,10H2,1H3. The lowest BCUT2D eigenvalue weighted by Crippen LogP contribution is -2.19. The lowest BCUT2D eigenvalue weighted by atomic mass is 10.2. The Bertz CT molecular complexity index is 413. The monoisotopic (exact) mass is 270 g/mol. The Morgan fingerprint density at radius 3 is 2.84 bits per heavy atom. The molecular formula is C13H19FN2O3. The summed E-state index contributed by atoms with van der Waals surface area (Å²) in [7, 11) is 0. The number of rotatable bonds is 9. The number of hydrogen-bond acceptors (Lipinski definition) is 4.